The Bertz CT molecular complexity index is 570. The monoisotopic (exact) mass is 346 g/mol. The van der Waals surface area contributed by atoms with Crippen molar-refractivity contribution in [2.75, 3.05) is 6.61 Å². The predicted molar refractivity (Wildman–Crippen MR) is 102 cm³/mol. The lowest BCUT2D eigenvalue weighted by molar-refractivity contribution is -0.139. The van der Waals surface area contributed by atoms with Crippen LogP contribution in [0.5, 0.6) is 0 Å². The van der Waals surface area contributed by atoms with E-state index in [1.165, 1.54) is 12.5 Å². The van der Waals surface area contributed by atoms with Gasteiger partial charge < -0.3 is 9.47 Å². The van der Waals surface area contributed by atoms with E-state index >= 15 is 0 Å². The van der Waals surface area contributed by atoms with Crippen LogP contribution >= 0.6 is 0 Å². The summed E-state index contributed by atoms with van der Waals surface area (Å²) >= 11 is 0. The molecule has 25 heavy (non-hydrogen) atoms. The molecule has 140 valence electrons. The zero-order valence-corrected chi connectivity index (χ0v) is 16.6. The SMILES string of the molecule is CC(=O)OCC1=CCCC(C)=CCCC2(C)CCC(C(C)C)(C=C1)O2. The standard InChI is InChI=1S/C22H34O3/c1-17(2)22-13-11-20(16-24-19(4)23)10-6-8-18(3)9-7-12-21(5,25-22)14-15-22/h9-11,13,17H,6-8,12,14-16H2,1-5H3. The number of ether oxygens (including phenoxy) is 2. The molecular weight excluding hydrogens is 312 g/mol. The Labute approximate surface area is 153 Å². The van der Waals surface area contributed by atoms with Gasteiger partial charge in [-0.2, -0.15) is 0 Å². The van der Waals surface area contributed by atoms with Crippen molar-refractivity contribution in [2.24, 2.45) is 5.92 Å². The van der Waals surface area contributed by atoms with Gasteiger partial charge in [-0.05, 0) is 63.9 Å². The van der Waals surface area contributed by atoms with Crippen LogP contribution in [0.25, 0.3) is 0 Å². The molecule has 0 aromatic rings. The molecule has 0 aliphatic carbocycles. The van der Waals surface area contributed by atoms with Crippen molar-refractivity contribution in [3.05, 3.63) is 35.5 Å². The summed E-state index contributed by atoms with van der Waals surface area (Å²) in [4.78, 5) is 11.2. The summed E-state index contributed by atoms with van der Waals surface area (Å²) in [5, 5.41) is 0. The van der Waals surface area contributed by atoms with E-state index in [0.29, 0.717) is 12.5 Å². The first kappa shape index (κ1) is 20.0. The van der Waals surface area contributed by atoms with Crippen LogP contribution in [-0.2, 0) is 14.3 Å². The number of hydrogen-bond donors (Lipinski definition) is 0. The van der Waals surface area contributed by atoms with Gasteiger partial charge in [0.2, 0.25) is 0 Å². The molecule has 2 bridgehead atoms. The summed E-state index contributed by atoms with van der Waals surface area (Å²) in [5.41, 5.74) is 2.19. The molecule has 1 fully saturated rings. The molecule has 2 unspecified atom stereocenters. The Hall–Kier alpha value is -1.35. The van der Waals surface area contributed by atoms with Crippen molar-refractivity contribution >= 4 is 5.97 Å². The van der Waals surface area contributed by atoms with E-state index in [2.05, 4.69) is 52.0 Å². The number of carbonyl (C=O) groups excluding carboxylic acids is 1. The second kappa shape index (κ2) is 8.35. The Morgan fingerprint density at radius 2 is 2.00 bits per heavy atom. The van der Waals surface area contributed by atoms with Crippen LogP contribution in [0.4, 0.5) is 0 Å². The van der Waals surface area contributed by atoms with Gasteiger partial charge in [0, 0.05) is 6.92 Å². The number of allylic oxidation sites excluding steroid dienone is 3. The Morgan fingerprint density at radius 1 is 1.24 bits per heavy atom. The van der Waals surface area contributed by atoms with Gasteiger partial charge in [0.05, 0.1) is 11.2 Å². The fourth-order valence-corrected chi connectivity index (χ4v) is 3.73. The van der Waals surface area contributed by atoms with Crippen LogP contribution in [0.3, 0.4) is 0 Å². The van der Waals surface area contributed by atoms with Crippen LogP contribution < -0.4 is 0 Å². The van der Waals surface area contributed by atoms with E-state index in [1.807, 2.05) is 0 Å². The van der Waals surface area contributed by atoms with Gasteiger partial charge in [-0.1, -0.05) is 43.7 Å². The first-order valence-corrected chi connectivity index (χ1v) is 9.62. The zero-order chi connectivity index (χ0) is 18.5. The van der Waals surface area contributed by atoms with Crippen LogP contribution in [0.1, 0.15) is 73.1 Å². The third-order valence-electron chi connectivity index (χ3n) is 5.59. The molecule has 3 nitrogen and oxygen atoms in total. The normalized spacial score (nSPS) is 30.8. The maximum Gasteiger partial charge on any atom is 0.302 e. The summed E-state index contributed by atoms with van der Waals surface area (Å²) in [6.07, 6.45) is 15.2. The fourth-order valence-electron chi connectivity index (χ4n) is 3.73. The van der Waals surface area contributed by atoms with Gasteiger partial charge in [-0.15, -0.1) is 0 Å². The van der Waals surface area contributed by atoms with Crippen molar-refractivity contribution < 1.29 is 14.3 Å². The predicted octanol–water partition coefficient (Wildman–Crippen LogP) is 5.52. The third-order valence-corrected chi connectivity index (χ3v) is 5.59. The molecule has 1 saturated heterocycles. The molecule has 0 aromatic heterocycles. The van der Waals surface area contributed by atoms with Crippen LogP contribution in [0.2, 0.25) is 0 Å². The van der Waals surface area contributed by atoms with Crippen molar-refractivity contribution in [3.8, 4) is 0 Å². The molecule has 3 heteroatoms. The molecule has 0 spiro atoms. The number of rotatable bonds is 3. The largest absolute Gasteiger partial charge is 0.461 e. The smallest absolute Gasteiger partial charge is 0.302 e. The third kappa shape index (κ3) is 5.57. The molecular formula is C22H34O3. The average Bonchev–Trinajstić information content (AvgIpc) is 2.88. The molecule has 0 amide bonds. The maximum atomic E-state index is 11.2. The summed E-state index contributed by atoms with van der Waals surface area (Å²) in [6.45, 7) is 10.7. The number of carbonyl (C=O) groups is 1. The van der Waals surface area contributed by atoms with E-state index in [0.717, 1.165) is 44.1 Å². The number of fused-ring (bicyclic) bond motifs is 2. The first-order valence-electron chi connectivity index (χ1n) is 9.62. The molecule has 0 saturated carbocycles. The quantitative estimate of drug-likeness (QED) is 0.499. The number of esters is 1. The van der Waals surface area contributed by atoms with E-state index < -0.39 is 0 Å². The highest BCUT2D eigenvalue weighted by Gasteiger charge is 2.46. The Balaban J connectivity index is 2.30. The highest BCUT2D eigenvalue weighted by Crippen LogP contribution is 2.45. The average molecular weight is 347 g/mol. The lowest BCUT2D eigenvalue weighted by Gasteiger charge is -2.34. The minimum absolute atomic E-state index is 0.0563. The minimum Gasteiger partial charge on any atom is -0.461 e. The second-order valence-electron chi connectivity index (χ2n) is 8.18. The van der Waals surface area contributed by atoms with Gasteiger partial charge in [0.1, 0.15) is 6.61 Å². The Kier molecular flexibility index (Phi) is 6.67. The van der Waals surface area contributed by atoms with Gasteiger partial charge in [0.15, 0.2) is 0 Å². The molecule has 2 heterocycles. The van der Waals surface area contributed by atoms with E-state index in [1.54, 1.807) is 0 Å². The fraction of sp³-hybridized carbons (Fsp3) is 0.682. The van der Waals surface area contributed by atoms with Crippen molar-refractivity contribution in [1.82, 2.24) is 0 Å². The van der Waals surface area contributed by atoms with Crippen molar-refractivity contribution in [3.63, 3.8) is 0 Å². The topological polar surface area (TPSA) is 35.5 Å². The zero-order valence-electron chi connectivity index (χ0n) is 16.6. The van der Waals surface area contributed by atoms with Gasteiger partial charge in [-0.25, -0.2) is 0 Å². The summed E-state index contributed by atoms with van der Waals surface area (Å²) in [6, 6.07) is 0. The summed E-state index contributed by atoms with van der Waals surface area (Å²) in [7, 11) is 0. The van der Waals surface area contributed by atoms with Crippen LogP contribution in [-0.4, -0.2) is 23.8 Å². The van der Waals surface area contributed by atoms with Crippen molar-refractivity contribution in [1.29, 1.82) is 0 Å². The second-order valence-corrected chi connectivity index (χ2v) is 8.18. The molecule has 2 aliphatic heterocycles. The van der Waals surface area contributed by atoms with Gasteiger partial charge in [0.25, 0.3) is 0 Å². The highest BCUT2D eigenvalue weighted by atomic mass is 16.5. The molecule has 0 aromatic carbocycles. The summed E-state index contributed by atoms with van der Waals surface area (Å²) in [5.74, 6) is 0.166. The molecule has 2 atom stereocenters. The maximum absolute atomic E-state index is 11.2. The van der Waals surface area contributed by atoms with Gasteiger partial charge in [-0.3, -0.25) is 4.79 Å². The molecule has 0 N–H and O–H groups in total. The van der Waals surface area contributed by atoms with E-state index in [9.17, 15) is 4.79 Å². The lowest BCUT2D eigenvalue weighted by atomic mass is 9.85. The van der Waals surface area contributed by atoms with Gasteiger partial charge >= 0.3 is 5.97 Å². The van der Waals surface area contributed by atoms with E-state index in [4.69, 9.17) is 9.47 Å². The highest BCUT2D eigenvalue weighted by molar-refractivity contribution is 5.66. The lowest BCUT2D eigenvalue weighted by Crippen LogP contribution is -2.36. The molecule has 2 aliphatic rings. The summed E-state index contributed by atoms with van der Waals surface area (Å²) < 4.78 is 11.9. The molecule has 0 radical (unpaired) electrons. The van der Waals surface area contributed by atoms with Crippen LogP contribution in [0, 0.1) is 5.92 Å². The van der Waals surface area contributed by atoms with Crippen molar-refractivity contribution in [2.45, 2.75) is 84.3 Å². The minimum atomic E-state index is -0.239. The van der Waals surface area contributed by atoms with E-state index in [-0.39, 0.29) is 17.2 Å². The van der Waals surface area contributed by atoms with Crippen LogP contribution in [0.15, 0.2) is 35.5 Å². The first-order chi connectivity index (χ1) is 11.7. The number of hydrogen-bond acceptors (Lipinski definition) is 3. The Morgan fingerprint density at radius 3 is 2.68 bits per heavy atom. The molecule has 2 rings (SSSR count).